The van der Waals surface area contributed by atoms with Gasteiger partial charge < -0.3 is 4.90 Å². The first-order chi connectivity index (χ1) is 6.36. The van der Waals surface area contributed by atoms with Crippen molar-refractivity contribution in [2.45, 2.75) is 51.5 Å². The summed E-state index contributed by atoms with van der Waals surface area (Å²) in [7, 11) is 0. The third-order valence-corrected chi connectivity index (χ3v) is 3.74. The van der Waals surface area contributed by atoms with Crippen LogP contribution in [0.25, 0.3) is 0 Å². The molecule has 13 heavy (non-hydrogen) atoms. The van der Waals surface area contributed by atoms with Crippen LogP contribution >= 0.6 is 0 Å². The molecule has 0 amide bonds. The van der Waals surface area contributed by atoms with Gasteiger partial charge >= 0.3 is 0 Å². The van der Waals surface area contributed by atoms with E-state index in [0.717, 1.165) is 12.0 Å². The Morgan fingerprint density at radius 3 is 2.23 bits per heavy atom. The lowest BCUT2D eigenvalue weighted by Crippen LogP contribution is -2.41. The van der Waals surface area contributed by atoms with Crippen molar-refractivity contribution >= 4 is 0 Å². The predicted octanol–water partition coefficient (Wildman–Crippen LogP) is 2.87. The summed E-state index contributed by atoms with van der Waals surface area (Å²) in [5.74, 6) is 0.993. The highest BCUT2D eigenvalue weighted by molar-refractivity contribution is 4.84. The zero-order valence-electron chi connectivity index (χ0n) is 8.84. The van der Waals surface area contributed by atoms with Crippen LogP contribution in [-0.4, -0.2) is 24.0 Å². The molecule has 1 heteroatoms. The highest BCUT2D eigenvalue weighted by atomic mass is 15.2. The largest absolute Gasteiger partial charge is 0.300 e. The van der Waals surface area contributed by atoms with Crippen LogP contribution in [0.1, 0.15) is 45.4 Å². The minimum Gasteiger partial charge on any atom is -0.300 e. The van der Waals surface area contributed by atoms with Gasteiger partial charge in [-0.05, 0) is 64.0 Å². The summed E-state index contributed by atoms with van der Waals surface area (Å²) in [5.41, 5.74) is 0. The zero-order chi connectivity index (χ0) is 9.10. The summed E-state index contributed by atoms with van der Waals surface area (Å²) < 4.78 is 0. The van der Waals surface area contributed by atoms with Crippen LogP contribution < -0.4 is 0 Å². The number of nitrogens with zero attached hydrogens (tertiary/aromatic N) is 1. The minimum atomic E-state index is 0.935. The van der Waals surface area contributed by atoms with E-state index >= 15 is 0 Å². The number of hydrogen-bond acceptors (Lipinski definition) is 1. The third-order valence-electron chi connectivity index (χ3n) is 3.74. The van der Waals surface area contributed by atoms with Gasteiger partial charge in [0, 0.05) is 6.04 Å². The Bertz CT molecular complexity index is 141. The standard InChI is InChI=1S/C12H22N/c1-11-5-7-12(8-6-11)13-9-3-2-4-10-13/h2,11-12H,3-10H2,1H3. The Balaban J connectivity index is 1.79. The van der Waals surface area contributed by atoms with Crippen molar-refractivity contribution in [2.75, 3.05) is 13.1 Å². The summed E-state index contributed by atoms with van der Waals surface area (Å²) in [6.07, 6.45) is 10.9. The maximum absolute atomic E-state index is 2.73. The summed E-state index contributed by atoms with van der Waals surface area (Å²) in [6, 6.07) is 0.935. The Morgan fingerprint density at radius 2 is 1.62 bits per heavy atom. The lowest BCUT2D eigenvalue weighted by molar-refractivity contribution is 0.130. The fourth-order valence-electron chi connectivity index (χ4n) is 2.74. The van der Waals surface area contributed by atoms with Crippen LogP contribution in [0.2, 0.25) is 0 Å². The zero-order valence-corrected chi connectivity index (χ0v) is 8.84. The molecule has 1 aliphatic heterocycles. The maximum Gasteiger partial charge on any atom is 0.00954 e. The van der Waals surface area contributed by atoms with Crippen LogP contribution in [0.4, 0.5) is 0 Å². The first-order valence-electron chi connectivity index (χ1n) is 5.92. The van der Waals surface area contributed by atoms with E-state index in [9.17, 15) is 0 Å². The summed E-state index contributed by atoms with van der Waals surface area (Å²) >= 11 is 0. The van der Waals surface area contributed by atoms with Crippen molar-refractivity contribution in [3.05, 3.63) is 6.42 Å². The Kier molecular flexibility index (Phi) is 3.26. The molecule has 1 saturated carbocycles. The average Bonchev–Trinajstić information content (AvgIpc) is 2.20. The normalized spacial score (nSPS) is 37.6. The minimum absolute atomic E-state index is 0.935. The molecular formula is C12H22N. The van der Waals surface area contributed by atoms with E-state index in [1.807, 2.05) is 0 Å². The number of likely N-dealkylation sites (tertiary alicyclic amines) is 1. The van der Waals surface area contributed by atoms with E-state index in [0.29, 0.717) is 0 Å². The molecule has 1 saturated heterocycles. The van der Waals surface area contributed by atoms with Gasteiger partial charge in [-0.2, -0.15) is 0 Å². The van der Waals surface area contributed by atoms with Gasteiger partial charge in [0.2, 0.25) is 0 Å². The van der Waals surface area contributed by atoms with Crippen molar-refractivity contribution in [3.63, 3.8) is 0 Å². The van der Waals surface area contributed by atoms with E-state index in [4.69, 9.17) is 0 Å². The maximum atomic E-state index is 2.73. The molecule has 1 radical (unpaired) electrons. The molecule has 0 bridgehead atoms. The molecule has 75 valence electrons. The second-order valence-corrected chi connectivity index (χ2v) is 4.82. The van der Waals surface area contributed by atoms with E-state index in [1.165, 1.54) is 51.6 Å². The van der Waals surface area contributed by atoms with Gasteiger partial charge in [0.1, 0.15) is 0 Å². The van der Waals surface area contributed by atoms with E-state index in [-0.39, 0.29) is 0 Å². The molecule has 1 aliphatic carbocycles. The topological polar surface area (TPSA) is 3.24 Å². The summed E-state index contributed by atoms with van der Waals surface area (Å²) in [6.45, 7) is 5.07. The van der Waals surface area contributed by atoms with Crippen molar-refractivity contribution in [3.8, 4) is 0 Å². The first kappa shape index (κ1) is 9.51. The third kappa shape index (κ3) is 2.46. The SMILES string of the molecule is CC1CCC(N2CC[CH]CC2)CC1. The van der Waals surface area contributed by atoms with E-state index < -0.39 is 0 Å². The molecule has 0 N–H and O–H groups in total. The van der Waals surface area contributed by atoms with E-state index in [2.05, 4.69) is 18.2 Å². The number of hydrogen-bond donors (Lipinski definition) is 0. The Morgan fingerprint density at radius 1 is 1.00 bits per heavy atom. The summed E-state index contributed by atoms with van der Waals surface area (Å²) in [5, 5.41) is 0. The molecule has 0 aromatic rings. The molecule has 2 aliphatic rings. The highest BCUT2D eigenvalue weighted by Crippen LogP contribution is 2.28. The van der Waals surface area contributed by atoms with Gasteiger partial charge in [-0.15, -0.1) is 0 Å². The molecule has 2 fully saturated rings. The van der Waals surface area contributed by atoms with Gasteiger partial charge in [-0.3, -0.25) is 0 Å². The highest BCUT2D eigenvalue weighted by Gasteiger charge is 2.24. The monoisotopic (exact) mass is 180 g/mol. The molecular weight excluding hydrogens is 158 g/mol. The smallest absolute Gasteiger partial charge is 0.00954 e. The van der Waals surface area contributed by atoms with Crippen LogP contribution in [0.15, 0.2) is 0 Å². The second-order valence-electron chi connectivity index (χ2n) is 4.82. The first-order valence-corrected chi connectivity index (χ1v) is 5.92. The van der Waals surface area contributed by atoms with Crippen molar-refractivity contribution < 1.29 is 0 Å². The number of rotatable bonds is 1. The second kappa shape index (κ2) is 4.45. The molecule has 1 nitrogen and oxygen atoms in total. The van der Waals surface area contributed by atoms with Gasteiger partial charge in [0.15, 0.2) is 0 Å². The van der Waals surface area contributed by atoms with Crippen LogP contribution in [0.5, 0.6) is 0 Å². The van der Waals surface area contributed by atoms with Crippen LogP contribution in [0.3, 0.4) is 0 Å². The van der Waals surface area contributed by atoms with Crippen LogP contribution in [0, 0.1) is 12.3 Å². The van der Waals surface area contributed by atoms with Crippen molar-refractivity contribution in [1.29, 1.82) is 0 Å². The molecule has 0 aromatic carbocycles. The lowest BCUT2D eigenvalue weighted by atomic mass is 9.86. The fourth-order valence-corrected chi connectivity index (χ4v) is 2.74. The molecule has 1 heterocycles. The molecule has 0 spiro atoms. The quantitative estimate of drug-likeness (QED) is 0.600. The summed E-state index contributed by atoms with van der Waals surface area (Å²) in [4.78, 5) is 2.73. The van der Waals surface area contributed by atoms with Crippen LogP contribution in [-0.2, 0) is 0 Å². The van der Waals surface area contributed by atoms with Gasteiger partial charge in [-0.25, -0.2) is 0 Å². The van der Waals surface area contributed by atoms with Crippen molar-refractivity contribution in [2.24, 2.45) is 5.92 Å². The Labute approximate surface area is 82.5 Å². The molecule has 0 aromatic heterocycles. The van der Waals surface area contributed by atoms with Gasteiger partial charge in [0.25, 0.3) is 0 Å². The molecule has 0 atom stereocenters. The van der Waals surface area contributed by atoms with Gasteiger partial charge in [-0.1, -0.05) is 6.92 Å². The lowest BCUT2D eigenvalue weighted by Gasteiger charge is -2.38. The molecule has 0 unspecified atom stereocenters. The van der Waals surface area contributed by atoms with Gasteiger partial charge in [0.05, 0.1) is 0 Å². The fraction of sp³-hybridized carbons (Fsp3) is 0.917. The molecule has 2 rings (SSSR count). The Hall–Kier alpha value is -0.0400. The predicted molar refractivity (Wildman–Crippen MR) is 56.5 cm³/mol. The average molecular weight is 180 g/mol. The number of piperidine rings is 1. The van der Waals surface area contributed by atoms with Crippen molar-refractivity contribution in [1.82, 2.24) is 4.90 Å². The van der Waals surface area contributed by atoms with E-state index in [1.54, 1.807) is 0 Å².